The molecule has 1 fully saturated rings. The predicted octanol–water partition coefficient (Wildman–Crippen LogP) is 1.16. The SMILES string of the molecule is Cc1ccc(C(N)=O)cc1NC(=O)C1CCC(N)C1. The molecule has 5 nitrogen and oxygen atoms in total. The van der Waals surface area contributed by atoms with E-state index < -0.39 is 5.91 Å². The number of nitrogens with one attached hydrogen (secondary N) is 1. The van der Waals surface area contributed by atoms with Crippen molar-refractivity contribution in [2.75, 3.05) is 5.32 Å². The van der Waals surface area contributed by atoms with Crippen molar-refractivity contribution in [3.05, 3.63) is 29.3 Å². The van der Waals surface area contributed by atoms with Crippen LogP contribution in [0, 0.1) is 12.8 Å². The molecule has 0 aromatic heterocycles. The third-order valence-corrected chi connectivity index (χ3v) is 3.62. The predicted molar refractivity (Wildman–Crippen MR) is 73.6 cm³/mol. The second kappa shape index (κ2) is 5.40. The number of amides is 2. The molecule has 0 radical (unpaired) electrons. The topological polar surface area (TPSA) is 98.2 Å². The molecule has 2 atom stereocenters. The number of hydrogen-bond acceptors (Lipinski definition) is 3. The van der Waals surface area contributed by atoms with Gasteiger partial charge < -0.3 is 16.8 Å². The van der Waals surface area contributed by atoms with Gasteiger partial charge in [-0.1, -0.05) is 6.07 Å². The van der Waals surface area contributed by atoms with Crippen LogP contribution in [0.3, 0.4) is 0 Å². The number of anilines is 1. The lowest BCUT2D eigenvalue weighted by molar-refractivity contribution is -0.119. The van der Waals surface area contributed by atoms with E-state index in [1.165, 1.54) is 0 Å². The maximum Gasteiger partial charge on any atom is 0.248 e. The third kappa shape index (κ3) is 3.12. The minimum absolute atomic E-state index is 0.0299. The molecule has 0 heterocycles. The van der Waals surface area contributed by atoms with Gasteiger partial charge in [0.15, 0.2) is 0 Å². The fourth-order valence-corrected chi connectivity index (χ4v) is 2.40. The van der Waals surface area contributed by atoms with E-state index in [0.29, 0.717) is 11.3 Å². The van der Waals surface area contributed by atoms with Crippen molar-refractivity contribution in [2.24, 2.45) is 17.4 Å². The van der Waals surface area contributed by atoms with Gasteiger partial charge in [-0.15, -0.1) is 0 Å². The Balaban J connectivity index is 2.12. The van der Waals surface area contributed by atoms with E-state index in [4.69, 9.17) is 11.5 Å². The number of carbonyl (C=O) groups excluding carboxylic acids is 2. The maximum absolute atomic E-state index is 12.1. The first-order valence-corrected chi connectivity index (χ1v) is 6.44. The number of hydrogen-bond donors (Lipinski definition) is 3. The van der Waals surface area contributed by atoms with Crippen LogP contribution < -0.4 is 16.8 Å². The zero-order valence-electron chi connectivity index (χ0n) is 11.0. The van der Waals surface area contributed by atoms with Crippen molar-refractivity contribution in [3.63, 3.8) is 0 Å². The van der Waals surface area contributed by atoms with Crippen molar-refractivity contribution in [1.29, 1.82) is 0 Å². The number of rotatable bonds is 3. The quantitative estimate of drug-likeness (QED) is 0.761. The second-order valence-corrected chi connectivity index (χ2v) is 5.15. The average molecular weight is 261 g/mol. The molecule has 2 amide bonds. The van der Waals surface area contributed by atoms with E-state index in [1.807, 2.05) is 6.92 Å². The highest BCUT2D eigenvalue weighted by Gasteiger charge is 2.27. The van der Waals surface area contributed by atoms with Crippen LogP contribution >= 0.6 is 0 Å². The normalized spacial score (nSPS) is 22.2. The smallest absolute Gasteiger partial charge is 0.248 e. The van der Waals surface area contributed by atoms with E-state index in [0.717, 1.165) is 24.8 Å². The van der Waals surface area contributed by atoms with Gasteiger partial charge in [0.05, 0.1) is 0 Å². The van der Waals surface area contributed by atoms with Gasteiger partial charge in [0, 0.05) is 23.2 Å². The summed E-state index contributed by atoms with van der Waals surface area (Å²) in [6.07, 6.45) is 2.43. The van der Waals surface area contributed by atoms with Gasteiger partial charge in [-0.3, -0.25) is 9.59 Å². The van der Waals surface area contributed by atoms with Crippen LogP contribution in [0.25, 0.3) is 0 Å². The summed E-state index contributed by atoms with van der Waals surface area (Å²) in [5.74, 6) is -0.567. The van der Waals surface area contributed by atoms with Crippen molar-refractivity contribution in [2.45, 2.75) is 32.2 Å². The Bertz CT molecular complexity index is 513. The van der Waals surface area contributed by atoms with Crippen LogP contribution in [0.1, 0.15) is 35.2 Å². The van der Waals surface area contributed by atoms with Crippen LogP contribution in [0.4, 0.5) is 5.69 Å². The Kier molecular flexibility index (Phi) is 3.85. The molecule has 0 bridgehead atoms. The zero-order valence-corrected chi connectivity index (χ0v) is 11.0. The molecule has 19 heavy (non-hydrogen) atoms. The molecule has 1 aliphatic carbocycles. The zero-order chi connectivity index (χ0) is 14.0. The summed E-state index contributed by atoms with van der Waals surface area (Å²) in [6, 6.07) is 5.16. The van der Waals surface area contributed by atoms with Crippen molar-refractivity contribution in [1.82, 2.24) is 0 Å². The van der Waals surface area contributed by atoms with E-state index >= 15 is 0 Å². The molecule has 102 valence electrons. The minimum atomic E-state index is -0.501. The molecule has 1 aromatic rings. The van der Waals surface area contributed by atoms with Crippen LogP contribution in [0.15, 0.2) is 18.2 Å². The molecule has 0 aliphatic heterocycles. The second-order valence-electron chi connectivity index (χ2n) is 5.15. The summed E-state index contributed by atoms with van der Waals surface area (Å²) in [5.41, 5.74) is 13.0. The van der Waals surface area contributed by atoms with Gasteiger partial charge in [0.2, 0.25) is 11.8 Å². The summed E-state index contributed by atoms with van der Waals surface area (Å²) in [7, 11) is 0. The molecule has 2 rings (SSSR count). The molecular weight excluding hydrogens is 242 g/mol. The fraction of sp³-hybridized carbons (Fsp3) is 0.429. The summed E-state index contributed by atoms with van der Waals surface area (Å²) in [6.45, 7) is 1.88. The molecule has 5 N–H and O–H groups in total. The Morgan fingerprint density at radius 2 is 2.05 bits per heavy atom. The number of primary amides is 1. The Morgan fingerprint density at radius 3 is 2.63 bits per heavy atom. The van der Waals surface area contributed by atoms with Crippen molar-refractivity contribution >= 4 is 17.5 Å². The van der Waals surface area contributed by atoms with E-state index in [1.54, 1.807) is 18.2 Å². The van der Waals surface area contributed by atoms with Crippen LogP contribution in [0.2, 0.25) is 0 Å². The Labute approximate surface area is 112 Å². The maximum atomic E-state index is 12.1. The lowest BCUT2D eigenvalue weighted by Crippen LogP contribution is -2.23. The van der Waals surface area contributed by atoms with Crippen LogP contribution in [-0.4, -0.2) is 17.9 Å². The summed E-state index contributed by atoms with van der Waals surface area (Å²) in [4.78, 5) is 23.3. The van der Waals surface area contributed by atoms with E-state index in [9.17, 15) is 9.59 Å². The van der Waals surface area contributed by atoms with Gasteiger partial charge >= 0.3 is 0 Å². The van der Waals surface area contributed by atoms with Crippen LogP contribution in [0.5, 0.6) is 0 Å². The molecule has 1 saturated carbocycles. The number of aryl methyl sites for hydroxylation is 1. The molecule has 1 aromatic carbocycles. The molecule has 1 aliphatic rings. The molecule has 5 heteroatoms. The highest BCUT2D eigenvalue weighted by atomic mass is 16.2. The number of carbonyl (C=O) groups is 2. The van der Waals surface area contributed by atoms with Crippen LogP contribution in [-0.2, 0) is 4.79 Å². The number of nitrogens with two attached hydrogens (primary N) is 2. The first kappa shape index (κ1) is 13.5. The van der Waals surface area contributed by atoms with Gasteiger partial charge in [0.25, 0.3) is 0 Å². The lowest BCUT2D eigenvalue weighted by Gasteiger charge is -2.13. The fourth-order valence-electron chi connectivity index (χ4n) is 2.40. The largest absolute Gasteiger partial charge is 0.366 e. The molecule has 0 spiro atoms. The standard InChI is InChI=1S/C14H19N3O2/c1-8-2-3-9(13(16)18)7-12(8)17-14(19)10-4-5-11(15)6-10/h2-3,7,10-11H,4-6,15H2,1H3,(H2,16,18)(H,17,19). The van der Waals surface area contributed by atoms with Crippen molar-refractivity contribution < 1.29 is 9.59 Å². The highest BCUT2D eigenvalue weighted by molar-refractivity contribution is 5.97. The van der Waals surface area contributed by atoms with E-state index in [-0.39, 0.29) is 17.9 Å². The molecular formula is C14H19N3O2. The number of benzene rings is 1. The molecule has 0 saturated heterocycles. The Morgan fingerprint density at radius 1 is 1.32 bits per heavy atom. The van der Waals surface area contributed by atoms with Gasteiger partial charge in [-0.05, 0) is 43.9 Å². The summed E-state index contributed by atoms with van der Waals surface area (Å²) in [5, 5.41) is 2.87. The third-order valence-electron chi connectivity index (χ3n) is 3.62. The molecule has 2 unspecified atom stereocenters. The van der Waals surface area contributed by atoms with Gasteiger partial charge in [-0.25, -0.2) is 0 Å². The minimum Gasteiger partial charge on any atom is -0.366 e. The highest BCUT2D eigenvalue weighted by Crippen LogP contribution is 2.26. The summed E-state index contributed by atoms with van der Waals surface area (Å²) < 4.78 is 0. The average Bonchev–Trinajstić information content (AvgIpc) is 2.78. The van der Waals surface area contributed by atoms with E-state index in [2.05, 4.69) is 5.32 Å². The first-order chi connectivity index (χ1) is 8.97. The van der Waals surface area contributed by atoms with Crippen molar-refractivity contribution in [3.8, 4) is 0 Å². The van der Waals surface area contributed by atoms with Gasteiger partial charge in [-0.2, -0.15) is 0 Å². The summed E-state index contributed by atoms with van der Waals surface area (Å²) >= 11 is 0. The van der Waals surface area contributed by atoms with Gasteiger partial charge in [0.1, 0.15) is 0 Å². The monoisotopic (exact) mass is 261 g/mol. The Hall–Kier alpha value is -1.88. The lowest BCUT2D eigenvalue weighted by atomic mass is 10.1. The first-order valence-electron chi connectivity index (χ1n) is 6.44.